The van der Waals surface area contributed by atoms with E-state index in [0.29, 0.717) is 25.4 Å². The van der Waals surface area contributed by atoms with Crippen molar-refractivity contribution in [2.45, 2.75) is 65.1 Å². The maximum atomic E-state index is 11.5. The molecule has 2 rings (SSSR count). The third kappa shape index (κ3) is 4.17. The van der Waals surface area contributed by atoms with Gasteiger partial charge in [0.05, 0.1) is 19.1 Å². The summed E-state index contributed by atoms with van der Waals surface area (Å²) in [5.74, 6) is 0.144. The van der Waals surface area contributed by atoms with Crippen molar-refractivity contribution in [2.24, 2.45) is 11.3 Å². The molecule has 1 aliphatic carbocycles. The summed E-state index contributed by atoms with van der Waals surface area (Å²) in [4.78, 5) is 11.5. The first kappa shape index (κ1) is 18.9. The number of aliphatic hydroxyl groups excluding tert-OH is 1. The summed E-state index contributed by atoms with van der Waals surface area (Å²) >= 11 is 0. The zero-order valence-electron chi connectivity index (χ0n) is 15.2. The van der Waals surface area contributed by atoms with Crippen LogP contribution in [0, 0.1) is 11.3 Å². The van der Waals surface area contributed by atoms with E-state index in [1.807, 2.05) is 24.3 Å². The highest BCUT2D eigenvalue weighted by molar-refractivity contribution is 5.72. The number of carbonyl (C=O) groups excluding carboxylic acids is 1. The van der Waals surface area contributed by atoms with Gasteiger partial charge in [0.15, 0.2) is 0 Å². The summed E-state index contributed by atoms with van der Waals surface area (Å²) in [6, 6.07) is 7.28. The lowest BCUT2D eigenvalue weighted by atomic mass is 9.65. The molecule has 24 heavy (non-hydrogen) atoms. The third-order valence-electron chi connectivity index (χ3n) is 5.27. The van der Waals surface area contributed by atoms with Crippen LogP contribution in [0.3, 0.4) is 0 Å². The van der Waals surface area contributed by atoms with Crippen LogP contribution in [0.25, 0.3) is 0 Å². The molecule has 0 saturated heterocycles. The number of benzene rings is 1. The van der Waals surface area contributed by atoms with Crippen LogP contribution in [-0.2, 0) is 21.6 Å². The smallest absolute Gasteiger partial charge is 0.310 e. The van der Waals surface area contributed by atoms with Crippen LogP contribution in [0.1, 0.15) is 58.1 Å². The second kappa shape index (κ2) is 7.24. The van der Waals surface area contributed by atoms with Crippen molar-refractivity contribution in [1.82, 2.24) is 0 Å². The highest BCUT2D eigenvalue weighted by atomic mass is 16.5. The molecule has 0 spiro atoms. The Morgan fingerprint density at radius 3 is 2.42 bits per heavy atom. The quantitative estimate of drug-likeness (QED) is 0.830. The Bertz CT molecular complexity index is 558. The zero-order chi connectivity index (χ0) is 18.0. The lowest BCUT2D eigenvalue weighted by Crippen LogP contribution is -2.46. The number of carbonyl (C=O) groups is 1. The van der Waals surface area contributed by atoms with Crippen molar-refractivity contribution in [3.63, 3.8) is 0 Å². The lowest BCUT2D eigenvalue weighted by molar-refractivity contribution is -0.142. The molecule has 134 valence electrons. The fourth-order valence-corrected chi connectivity index (χ4v) is 3.56. The molecule has 1 aliphatic rings. The van der Waals surface area contributed by atoms with Gasteiger partial charge in [-0.3, -0.25) is 4.79 Å². The van der Waals surface area contributed by atoms with Crippen LogP contribution in [0.4, 0.5) is 0 Å². The normalized spacial score (nSPS) is 27.8. The number of aliphatic hydroxyl groups is 2. The summed E-state index contributed by atoms with van der Waals surface area (Å²) in [5.41, 5.74) is 0.490. The van der Waals surface area contributed by atoms with E-state index in [9.17, 15) is 15.0 Å². The Hall–Kier alpha value is -1.39. The summed E-state index contributed by atoms with van der Waals surface area (Å²) in [5, 5.41) is 21.6. The average molecular weight is 334 g/mol. The van der Waals surface area contributed by atoms with Crippen LogP contribution in [0.5, 0.6) is 0 Å². The molecule has 1 fully saturated rings. The molecule has 0 aromatic heterocycles. The molecule has 1 unspecified atom stereocenters. The van der Waals surface area contributed by atoms with Gasteiger partial charge in [-0.25, -0.2) is 0 Å². The number of hydrogen-bond acceptors (Lipinski definition) is 4. The molecule has 0 radical (unpaired) electrons. The van der Waals surface area contributed by atoms with Crippen molar-refractivity contribution < 1.29 is 19.7 Å². The predicted molar refractivity (Wildman–Crippen MR) is 93.5 cm³/mol. The molecule has 1 aromatic carbocycles. The summed E-state index contributed by atoms with van der Waals surface area (Å²) in [7, 11) is 0. The highest BCUT2D eigenvalue weighted by Gasteiger charge is 2.45. The lowest BCUT2D eigenvalue weighted by Gasteiger charge is -2.44. The van der Waals surface area contributed by atoms with E-state index >= 15 is 0 Å². The van der Waals surface area contributed by atoms with Crippen molar-refractivity contribution in [1.29, 1.82) is 0 Å². The molecule has 0 amide bonds. The SMILES string of the molecule is CCOC(=O)Cc1ccc(C2(O)CC[C@H](C(C)(C)C)C[C@H]2O)cc1. The van der Waals surface area contributed by atoms with Gasteiger partial charge in [0.1, 0.15) is 5.60 Å². The van der Waals surface area contributed by atoms with Gasteiger partial charge in [-0.2, -0.15) is 0 Å². The number of esters is 1. The van der Waals surface area contributed by atoms with E-state index in [4.69, 9.17) is 4.74 Å². The van der Waals surface area contributed by atoms with Gasteiger partial charge in [0.25, 0.3) is 0 Å². The first-order chi connectivity index (χ1) is 11.2. The molecule has 4 heteroatoms. The van der Waals surface area contributed by atoms with Crippen LogP contribution in [-0.4, -0.2) is 28.9 Å². The minimum Gasteiger partial charge on any atom is -0.466 e. The molecular weight excluding hydrogens is 304 g/mol. The van der Waals surface area contributed by atoms with Crippen molar-refractivity contribution in [3.8, 4) is 0 Å². The van der Waals surface area contributed by atoms with E-state index in [1.54, 1.807) is 6.92 Å². The highest BCUT2D eigenvalue weighted by Crippen LogP contribution is 2.45. The summed E-state index contributed by atoms with van der Waals surface area (Å²) in [6.07, 6.45) is 1.49. The number of ether oxygens (including phenoxy) is 1. The zero-order valence-corrected chi connectivity index (χ0v) is 15.2. The fraction of sp³-hybridized carbons (Fsp3) is 0.650. The van der Waals surface area contributed by atoms with Gasteiger partial charge in [-0.15, -0.1) is 0 Å². The third-order valence-corrected chi connectivity index (χ3v) is 5.27. The van der Waals surface area contributed by atoms with E-state index in [-0.39, 0.29) is 17.8 Å². The molecular formula is C20H30O4. The van der Waals surface area contributed by atoms with E-state index < -0.39 is 11.7 Å². The Labute approximate surface area is 144 Å². The molecule has 0 heterocycles. The van der Waals surface area contributed by atoms with Crippen LogP contribution >= 0.6 is 0 Å². The number of rotatable bonds is 4. The maximum Gasteiger partial charge on any atom is 0.310 e. The Balaban J connectivity index is 2.09. The van der Waals surface area contributed by atoms with Gasteiger partial charge in [0.2, 0.25) is 0 Å². The minimum absolute atomic E-state index is 0.131. The average Bonchev–Trinajstić information content (AvgIpc) is 2.50. The molecule has 1 saturated carbocycles. The second-order valence-corrected chi connectivity index (χ2v) is 7.96. The summed E-state index contributed by atoms with van der Waals surface area (Å²) in [6.45, 7) is 8.69. The Morgan fingerprint density at radius 2 is 1.92 bits per heavy atom. The topological polar surface area (TPSA) is 66.8 Å². The van der Waals surface area contributed by atoms with Crippen molar-refractivity contribution in [3.05, 3.63) is 35.4 Å². The first-order valence-corrected chi connectivity index (χ1v) is 8.82. The molecule has 0 aliphatic heterocycles. The monoisotopic (exact) mass is 334 g/mol. The fourth-order valence-electron chi connectivity index (χ4n) is 3.56. The Morgan fingerprint density at radius 1 is 1.29 bits per heavy atom. The standard InChI is InChI=1S/C20H30O4/c1-5-24-18(22)12-14-6-8-15(9-7-14)20(23)11-10-16(13-17(20)21)19(2,3)4/h6-9,16-17,21,23H,5,10-13H2,1-4H3/t16-,17+,20?/m0/s1. The van der Waals surface area contributed by atoms with Gasteiger partial charge >= 0.3 is 5.97 Å². The van der Waals surface area contributed by atoms with Crippen molar-refractivity contribution >= 4 is 5.97 Å². The summed E-state index contributed by atoms with van der Waals surface area (Å²) < 4.78 is 4.94. The largest absolute Gasteiger partial charge is 0.466 e. The van der Waals surface area contributed by atoms with E-state index in [0.717, 1.165) is 17.5 Å². The Kier molecular flexibility index (Phi) is 5.71. The van der Waals surface area contributed by atoms with Gasteiger partial charge in [-0.05, 0) is 48.6 Å². The molecule has 4 nitrogen and oxygen atoms in total. The molecule has 0 bridgehead atoms. The number of hydrogen-bond donors (Lipinski definition) is 2. The van der Waals surface area contributed by atoms with Gasteiger partial charge in [0, 0.05) is 0 Å². The second-order valence-electron chi connectivity index (χ2n) is 7.96. The van der Waals surface area contributed by atoms with Crippen LogP contribution < -0.4 is 0 Å². The maximum absolute atomic E-state index is 11.5. The van der Waals surface area contributed by atoms with E-state index in [2.05, 4.69) is 20.8 Å². The van der Waals surface area contributed by atoms with E-state index in [1.165, 1.54) is 0 Å². The predicted octanol–water partition coefficient (Wildman–Crippen LogP) is 3.19. The van der Waals surface area contributed by atoms with Gasteiger partial charge < -0.3 is 14.9 Å². The minimum atomic E-state index is -1.20. The van der Waals surface area contributed by atoms with Crippen LogP contribution in [0.2, 0.25) is 0 Å². The van der Waals surface area contributed by atoms with Gasteiger partial charge in [-0.1, -0.05) is 45.0 Å². The van der Waals surface area contributed by atoms with Crippen LogP contribution in [0.15, 0.2) is 24.3 Å². The first-order valence-electron chi connectivity index (χ1n) is 8.82. The molecule has 2 N–H and O–H groups in total. The van der Waals surface area contributed by atoms with Crippen molar-refractivity contribution in [2.75, 3.05) is 6.61 Å². The molecule has 1 aromatic rings. The molecule has 3 atom stereocenters.